The number of nitrogens with zero attached hydrogens (tertiary/aromatic N) is 6. The Balaban J connectivity index is 1.02. The molecule has 5 amide bonds. The van der Waals surface area contributed by atoms with Crippen LogP contribution < -0.4 is 58.0 Å². The van der Waals surface area contributed by atoms with Crippen molar-refractivity contribution in [2.45, 2.75) is 58.2 Å². The van der Waals surface area contributed by atoms with Gasteiger partial charge in [0.1, 0.15) is 55.2 Å². The minimum absolute atomic E-state index is 0.00511. The third-order valence-electron chi connectivity index (χ3n) is 13.3. The van der Waals surface area contributed by atoms with Gasteiger partial charge in [-0.1, -0.05) is 146 Å². The second kappa shape index (κ2) is 30.3. The molecule has 1 unspecified atom stereocenters. The van der Waals surface area contributed by atoms with Gasteiger partial charge in [0.15, 0.2) is 0 Å². The van der Waals surface area contributed by atoms with E-state index < -0.39 is 57.8 Å². The van der Waals surface area contributed by atoms with Gasteiger partial charge in [0.05, 0.1) is 0 Å². The maximum absolute atomic E-state index is 15.0. The lowest BCUT2D eigenvalue weighted by molar-refractivity contribution is -0.122. The Kier molecular flexibility index (Phi) is 21.5. The first kappa shape index (κ1) is 60.3. The van der Waals surface area contributed by atoms with Crippen LogP contribution in [-0.2, 0) is 31.2 Å². The number of nitrogens with two attached hydrogens (primary N) is 1. The number of hydrogen-bond donors (Lipinski definition) is 3. The highest BCUT2D eigenvalue weighted by molar-refractivity contribution is 5.96. The van der Waals surface area contributed by atoms with Crippen LogP contribution in [-0.4, -0.2) is 97.0 Å². The summed E-state index contributed by atoms with van der Waals surface area (Å²) in [5.41, 5.74) is 6.09. The molecule has 0 radical (unpaired) electrons. The van der Waals surface area contributed by atoms with E-state index in [1.54, 1.807) is 60.7 Å². The molecule has 438 valence electrons. The second-order valence-corrected chi connectivity index (χ2v) is 19.3. The van der Waals surface area contributed by atoms with Crippen LogP contribution in [0.25, 0.3) is 0 Å². The molecule has 0 aliphatic rings. The van der Waals surface area contributed by atoms with Gasteiger partial charge in [0.2, 0.25) is 5.91 Å². The van der Waals surface area contributed by atoms with Crippen LogP contribution in [0.2, 0.25) is 0 Å². The molecule has 22 nitrogen and oxygen atoms in total. The van der Waals surface area contributed by atoms with Crippen molar-refractivity contribution < 1.29 is 43.3 Å². The number of benzene rings is 4. The first-order valence-corrected chi connectivity index (χ1v) is 27.4. The van der Waals surface area contributed by atoms with Crippen LogP contribution in [0.1, 0.15) is 89.9 Å². The van der Waals surface area contributed by atoms with Gasteiger partial charge in [-0.05, 0) is 72.2 Å². The van der Waals surface area contributed by atoms with Gasteiger partial charge in [-0.2, -0.15) is 0 Å². The van der Waals surface area contributed by atoms with Gasteiger partial charge in [0.25, 0.3) is 45.9 Å². The van der Waals surface area contributed by atoms with Gasteiger partial charge in [0, 0.05) is 57.0 Å². The SMILES string of the molecule is NC(=O)C(CCCN(CCCNC(=O)c1cccc(=O)n1OCc1ccccc1)C(=O)c1cccc(=O)n1OCc1ccccc1)N(CCCNC(=O)c1cccc(=O)n1OCc1ccccc1)C(=O)c1cccc(=O)n1OCc1ccccc1. The summed E-state index contributed by atoms with van der Waals surface area (Å²) in [6, 6.07) is 50.9. The van der Waals surface area contributed by atoms with Crippen molar-refractivity contribution in [3.05, 3.63) is 281 Å². The van der Waals surface area contributed by atoms with Gasteiger partial charge in [-0.25, -0.2) is 0 Å². The molecular weight excluding hydrogens is 1090 g/mol. The Bertz CT molecular complexity index is 3800. The quantitative estimate of drug-likeness (QED) is 0.0543. The summed E-state index contributed by atoms with van der Waals surface area (Å²) < 4.78 is 3.52. The lowest BCUT2D eigenvalue weighted by Crippen LogP contribution is -2.50. The smallest absolute Gasteiger partial charge is 0.283 e. The average Bonchev–Trinajstić information content (AvgIpc) is 3.36. The number of carbonyl (C=O) groups excluding carboxylic acids is 5. The van der Waals surface area contributed by atoms with Crippen LogP contribution in [0.5, 0.6) is 0 Å². The molecule has 4 N–H and O–H groups in total. The molecule has 85 heavy (non-hydrogen) atoms. The molecule has 0 aliphatic heterocycles. The van der Waals surface area contributed by atoms with Crippen LogP contribution in [0.4, 0.5) is 0 Å². The van der Waals surface area contributed by atoms with Gasteiger partial charge < -0.3 is 45.5 Å². The average molecular weight is 1150 g/mol. The fourth-order valence-corrected chi connectivity index (χ4v) is 9.00. The Labute approximate surface area is 487 Å². The fourth-order valence-electron chi connectivity index (χ4n) is 9.00. The van der Waals surface area contributed by atoms with Crippen molar-refractivity contribution in [1.29, 1.82) is 0 Å². The lowest BCUT2D eigenvalue weighted by Gasteiger charge is -2.31. The van der Waals surface area contributed by atoms with E-state index in [4.69, 9.17) is 25.1 Å². The highest BCUT2D eigenvalue weighted by Gasteiger charge is 2.32. The third-order valence-corrected chi connectivity index (χ3v) is 13.3. The molecule has 0 aliphatic carbocycles. The number of aromatic nitrogens is 4. The van der Waals surface area contributed by atoms with E-state index in [1.807, 2.05) is 60.7 Å². The van der Waals surface area contributed by atoms with E-state index >= 15 is 0 Å². The van der Waals surface area contributed by atoms with Crippen molar-refractivity contribution in [3.8, 4) is 0 Å². The number of rotatable bonds is 30. The molecule has 1 atom stereocenters. The maximum atomic E-state index is 15.0. The third kappa shape index (κ3) is 16.7. The summed E-state index contributed by atoms with van der Waals surface area (Å²) in [6.07, 6.45) is 0.0351. The van der Waals surface area contributed by atoms with Crippen LogP contribution in [0.3, 0.4) is 0 Å². The topological polar surface area (TPSA) is 267 Å². The molecule has 0 saturated carbocycles. The van der Waals surface area contributed by atoms with Gasteiger partial charge >= 0.3 is 0 Å². The number of amides is 5. The summed E-state index contributed by atoms with van der Waals surface area (Å²) in [4.78, 5) is 149. The summed E-state index contributed by atoms with van der Waals surface area (Å²) in [7, 11) is 0. The van der Waals surface area contributed by atoms with Crippen molar-refractivity contribution >= 4 is 29.5 Å². The number of primary amides is 1. The Hall–Kier alpha value is -10.8. The predicted molar refractivity (Wildman–Crippen MR) is 313 cm³/mol. The number of carbonyl (C=O) groups is 5. The standard InChI is InChI=1S/C63H63N9O13/c64-59(77)50(68(63(81)54-31-16-36-58(76)72(54)85-45-49-26-11-4-12-27-49)41-19-38-66-61(79)52-29-14-34-56(74)70(52)83-43-47-22-7-2-8-23-47)32-17-39-67(62(80)53-30-15-35-57(75)71(53)84-44-48-24-9-3-10-25-48)40-18-37-65-60(78)51-28-13-33-55(73)69(51)82-42-46-20-5-1-6-21-46/h1-16,20-31,33-36,50H,17-19,32,37-45H2,(H2,64,77)(H,65,78)(H,66,79). The highest BCUT2D eigenvalue weighted by atomic mass is 16.7. The summed E-state index contributed by atoms with van der Waals surface area (Å²) in [6.45, 7) is -0.609. The molecule has 4 heterocycles. The number of pyridine rings is 4. The Morgan fingerprint density at radius 2 is 0.706 bits per heavy atom. The van der Waals surface area contributed by atoms with Crippen LogP contribution in [0.15, 0.2) is 213 Å². The molecule has 0 spiro atoms. The van der Waals surface area contributed by atoms with E-state index in [9.17, 15) is 43.2 Å². The number of nitrogens with one attached hydrogen (secondary N) is 2. The van der Waals surface area contributed by atoms with E-state index in [2.05, 4.69) is 10.6 Å². The molecule has 0 saturated heterocycles. The van der Waals surface area contributed by atoms with E-state index in [0.29, 0.717) is 5.56 Å². The predicted octanol–water partition coefficient (Wildman–Crippen LogP) is 3.71. The minimum Gasteiger partial charge on any atom is -0.405 e. The zero-order chi connectivity index (χ0) is 59.9. The summed E-state index contributed by atoms with van der Waals surface area (Å²) in [5.74, 6) is -3.72. The Morgan fingerprint density at radius 3 is 1.07 bits per heavy atom. The van der Waals surface area contributed by atoms with Gasteiger partial charge in [-0.3, -0.25) is 43.2 Å². The van der Waals surface area contributed by atoms with Crippen molar-refractivity contribution in [2.24, 2.45) is 5.73 Å². The molecule has 0 fully saturated rings. The molecular formula is C63H63N9O13. The van der Waals surface area contributed by atoms with E-state index in [0.717, 1.165) is 35.6 Å². The normalized spacial score (nSPS) is 11.2. The summed E-state index contributed by atoms with van der Waals surface area (Å²) in [5, 5.41) is 5.55. The second-order valence-electron chi connectivity index (χ2n) is 19.3. The van der Waals surface area contributed by atoms with Crippen LogP contribution >= 0.6 is 0 Å². The molecule has 4 aromatic heterocycles. The monoisotopic (exact) mass is 1150 g/mol. The maximum Gasteiger partial charge on any atom is 0.283 e. The first-order valence-electron chi connectivity index (χ1n) is 27.4. The largest absolute Gasteiger partial charge is 0.405 e. The molecule has 8 aromatic rings. The Morgan fingerprint density at radius 1 is 0.388 bits per heavy atom. The lowest BCUT2D eigenvalue weighted by atomic mass is 10.1. The highest BCUT2D eigenvalue weighted by Crippen LogP contribution is 2.16. The van der Waals surface area contributed by atoms with E-state index in [-0.39, 0.29) is 108 Å². The van der Waals surface area contributed by atoms with Crippen molar-refractivity contribution in [2.75, 3.05) is 32.7 Å². The summed E-state index contributed by atoms with van der Waals surface area (Å²) >= 11 is 0. The molecule has 8 rings (SSSR count). The minimum atomic E-state index is -1.39. The zero-order valence-corrected chi connectivity index (χ0v) is 46.3. The first-order chi connectivity index (χ1) is 41.4. The molecule has 4 aromatic carbocycles. The number of hydrogen-bond acceptors (Lipinski definition) is 13. The van der Waals surface area contributed by atoms with Gasteiger partial charge in [-0.15, -0.1) is 18.9 Å². The molecule has 22 heteroatoms. The van der Waals surface area contributed by atoms with E-state index in [1.165, 1.54) is 82.6 Å². The van der Waals surface area contributed by atoms with Crippen molar-refractivity contribution in [1.82, 2.24) is 39.4 Å². The van der Waals surface area contributed by atoms with Crippen LogP contribution in [0, 0.1) is 0 Å². The molecule has 0 bridgehead atoms. The fraction of sp³-hybridized carbons (Fsp3) is 0.222. The van der Waals surface area contributed by atoms with Crippen molar-refractivity contribution in [3.63, 3.8) is 0 Å². The zero-order valence-electron chi connectivity index (χ0n) is 46.3.